The van der Waals surface area contributed by atoms with E-state index in [1.54, 1.807) is 4.57 Å². The molecule has 0 saturated carbocycles. The van der Waals surface area contributed by atoms with Crippen molar-refractivity contribution in [1.29, 1.82) is 0 Å². The van der Waals surface area contributed by atoms with Crippen LogP contribution in [0.1, 0.15) is 12.8 Å². The van der Waals surface area contributed by atoms with Crippen molar-refractivity contribution in [3.63, 3.8) is 0 Å². The number of aromatic nitrogens is 2. The van der Waals surface area contributed by atoms with Gasteiger partial charge >= 0.3 is 13.7 Å². The number of imidazole rings is 1. The summed E-state index contributed by atoms with van der Waals surface area (Å²) in [5.41, 5.74) is 1.56. The Labute approximate surface area is 129 Å². The zero-order chi connectivity index (χ0) is 14.6. The molecule has 0 spiro atoms. The Morgan fingerprint density at radius 3 is 2.86 bits per heavy atom. The summed E-state index contributed by atoms with van der Waals surface area (Å²) in [5, 5.41) is 0.628. The van der Waals surface area contributed by atoms with Gasteiger partial charge in [-0.1, -0.05) is 17.7 Å². The molecule has 1 unspecified atom stereocenters. The van der Waals surface area contributed by atoms with Crippen molar-refractivity contribution in [1.82, 2.24) is 9.55 Å². The lowest BCUT2D eigenvalue weighted by Gasteiger charge is -2.51. The van der Waals surface area contributed by atoms with Gasteiger partial charge in [-0.05, 0) is 30.9 Å². The summed E-state index contributed by atoms with van der Waals surface area (Å²) in [4.78, 5) is 15.2. The van der Waals surface area contributed by atoms with E-state index < -0.39 is 0 Å². The van der Waals surface area contributed by atoms with Crippen molar-refractivity contribution in [3.05, 3.63) is 33.7 Å². The fourth-order valence-corrected chi connectivity index (χ4v) is 4.44. The van der Waals surface area contributed by atoms with Gasteiger partial charge in [-0.15, -0.1) is 0 Å². The topological polar surface area (TPSA) is 37.8 Å². The first-order chi connectivity index (χ1) is 10.1. The SMILES string of the molecule is [B][N+]12CCC(CC1)C(Cn1c(=O)[nH]c3cccc(Cl)c31)C2. The lowest BCUT2D eigenvalue weighted by molar-refractivity contribution is -0.841. The van der Waals surface area contributed by atoms with Crippen LogP contribution < -0.4 is 5.69 Å². The zero-order valence-electron chi connectivity index (χ0n) is 11.9. The molecule has 2 aromatic rings. The molecule has 0 aliphatic carbocycles. The molecule has 3 aliphatic heterocycles. The average Bonchev–Trinajstić information content (AvgIpc) is 2.77. The molecule has 4 nitrogen and oxygen atoms in total. The molecule has 1 atom stereocenters. The number of rotatable bonds is 2. The van der Waals surface area contributed by atoms with E-state index in [4.69, 9.17) is 19.6 Å². The van der Waals surface area contributed by atoms with Crippen LogP contribution in [0, 0.1) is 11.8 Å². The van der Waals surface area contributed by atoms with Crippen molar-refractivity contribution < 1.29 is 4.39 Å². The van der Waals surface area contributed by atoms with E-state index in [0.717, 1.165) is 30.7 Å². The van der Waals surface area contributed by atoms with Crippen LogP contribution >= 0.6 is 11.6 Å². The summed E-state index contributed by atoms with van der Waals surface area (Å²) in [5.74, 6) is 1.15. The number of quaternary nitrogens is 1. The number of nitrogens with one attached hydrogen (secondary N) is 1. The Kier molecular flexibility index (Phi) is 2.98. The first kappa shape index (κ1) is 13.5. The van der Waals surface area contributed by atoms with Crippen LogP contribution in [0.2, 0.25) is 5.02 Å². The number of nitrogens with zero attached hydrogens (tertiary/aromatic N) is 2. The molecule has 2 bridgehead atoms. The largest absolute Gasteiger partial charge is 0.481 e. The molecule has 3 saturated heterocycles. The second-order valence-electron chi connectivity index (χ2n) is 6.62. The number of hydrogen-bond acceptors (Lipinski definition) is 1. The second kappa shape index (κ2) is 4.65. The number of hydrogen-bond donors (Lipinski definition) is 1. The average molecular weight is 303 g/mol. The molecule has 108 valence electrons. The van der Waals surface area contributed by atoms with Crippen LogP contribution in [-0.2, 0) is 6.54 Å². The predicted molar refractivity (Wildman–Crippen MR) is 84.4 cm³/mol. The quantitative estimate of drug-likeness (QED) is 0.846. The molecule has 0 amide bonds. The third-order valence-electron chi connectivity index (χ3n) is 5.32. The summed E-state index contributed by atoms with van der Waals surface area (Å²) >= 11 is 6.29. The molecule has 21 heavy (non-hydrogen) atoms. The van der Waals surface area contributed by atoms with Gasteiger partial charge in [-0.3, -0.25) is 4.57 Å². The molecule has 1 aromatic heterocycles. The molecule has 3 fully saturated rings. The van der Waals surface area contributed by atoms with Crippen LogP contribution in [0.3, 0.4) is 0 Å². The number of benzene rings is 1. The third kappa shape index (κ3) is 2.14. The van der Waals surface area contributed by atoms with Crippen LogP contribution in [0.4, 0.5) is 0 Å². The second-order valence-corrected chi connectivity index (χ2v) is 7.03. The van der Waals surface area contributed by atoms with Crippen molar-refractivity contribution in [2.24, 2.45) is 11.8 Å². The Morgan fingerprint density at radius 2 is 2.14 bits per heavy atom. The monoisotopic (exact) mass is 302 g/mol. The summed E-state index contributed by atoms with van der Waals surface area (Å²) < 4.78 is 2.47. The van der Waals surface area contributed by atoms with E-state index in [0.29, 0.717) is 27.8 Å². The summed E-state index contributed by atoms with van der Waals surface area (Å²) in [6.45, 7) is 3.83. The van der Waals surface area contributed by atoms with Crippen LogP contribution in [-0.4, -0.2) is 41.6 Å². The van der Waals surface area contributed by atoms with E-state index >= 15 is 0 Å². The number of H-pyrrole nitrogens is 1. The lowest BCUT2D eigenvalue weighted by Crippen LogP contribution is -2.61. The molecule has 1 N–H and O–H groups in total. The van der Waals surface area contributed by atoms with Gasteiger partial charge in [0.1, 0.15) is 0 Å². The van der Waals surface area contributed by atoms with Gasteiger partial charge in [-0.2, -0.15) is 0 Å². The Hall–Kier alpha value is -1.20. The van der Waals surface area contributed by atoms with Gasteiger partial charge in [0.25, 0.3) is 0 Å². The highest BCUT2D eigenvalue weighted by Gasteiger charge is 2.43. The van der Waals surface area contributed by atoms with Crippen LogP contribution in [0.5, 0.6) is 0 Å². The van der Waals surface area contributed by atoms with Gasteiger partial charge in [0.2, 0.25) is 0 Å². The molecular weight excluding hydrogens is 284 g/mol. The van der Waals surface area contributed by atoms with Gasteiger partial charge in [0, 0.05) is 12.5 Å². The van der Waals surface area contributed by atoms with Crippen LogP contribution in [0.15, 0.2) is 23.0 Å². The van der Waals surface area contributed by atoms with Gasteiger partial charge in [0.15, 0.2) is 0 Å². The number of halogens is 1. The van der Waals surface area contributed by atoms with E-state index in [1.807, 2.05) is 18.2 Å². The number of aromatic amines is 1. The first-order valence-corrected chi connectivity index (χ1v) is 7.95. The molecular formula is C15H18BClN3O+. The van der Waals surface area contributed by atoms with Crippen molar-refractivity contribution in [2.45, 2.75) is 19.4 Å². The maximum absolute atomic E-state index is 12.3. The highest BCUT2D eigenvalue weighted by atomic mass is 35.5. The summed E-state index contributed by atoms with van der Waals surface area (Å²) in [6.07, 6.45) is 2.35. The Morgan fingerprint density at radius 1 is 1.38 bits per heavy atom. The van der Waals surface area contributed by atoms with Crippen LogP contribution in [0.25, 0.3) is 11.0 Å². The predicted octanol–water partition coefficient (Wildman–Crippen LogP) is 1.92. The number of para-hydroxylation sites is 1. The zero-order valence-corrected chi connectivity index (χ0v) is 12.6. The smallest absolute Gasteiger partial charge is 0.396 e. The minimum absolute atomic E-state index is 0.0712. The highest BCUT2D eigenvalue weighted by molar-refractivity contribution is 6.34. The molecule has 6 heteroatoms. The number of fused-ring (bicyclic) bond motifs is 4. The fourth-order valence-electron chi connectivity index (χ4n) is 4.16. The third-order valence-corrected chi connectivity index (χ3v) is 5.62. The first-order valence-electron chi connectivity index (χ1n) is 7.57. The molecule has 1 aromatic carbocycles. The Bertz CT molecular complexity index is 745. The minimum Gasteiger partial charge on any atom is -0.396 e. The molecule has 2 radical (unpaired) electrons. The molecule has 4 heterocycles. The van der Waals surface area contributed by atoms with Crippen molar-refractivity contribution in [2.75, 3.05) is 19.6 Å². The summed E-state index contributed by atoms with van der Waals surface area (Å²) in [6, 6.07) is 5.59. The van der Waals surface area contributed by atoms with Gasteiger partial charge < -0.3 is 9.38 Å². The van der Waals surface area contributed by atoms with E-state index in [9.17, 15) is 4.79 Å². The van der Waals surface area contributed by atoms with E-state index in [2.05, 4.69) is 4.98 Å². The number of piperidine rings is 3. The van der Waals surface area contributed by atoms with Gasteiger partial charge in [-0.25, -0.2) is 4.79 Å². The lowest BCUT2D eigenvalue weighted by atomic mass is 9.75. The van der Waals surface area contributed by atoms with Crippen molar-refractivity contribution in [3.8, 4) is 0 Å². The van der Waals surface area contributed by atoms with E-state index in [-0.39, 0.29) is 5.69 Å². The standard InChI is InChI=1S/C15H18BClN3O/c16-20-6-4-10(5-7-20)11(9-20)8-19-14-12(17)2-1-3-13(14)18-15(19)21/h1-3,10-11H,4-9H2,(H,18,21)/q+1. The minimum atomic E-state index is -0.0712. The molecule has 3 aliphatic rings. The maximum Gasteiger partial charge on any atom is 0.481 e. The fraction of sp³-hybridized carbons (Fsp3) is 0.533. The summed E-state index contributed by atoms with van der Waals surface area (Å²) in [7, 11) is 6.41. The Balaban J connectivity index is 1.72. The normalized spacial score (nSPS) is 31.9. The molecule has 5 rings (SSSR count). The van der Waals surface area contributed by atoms with Gasteiger partial charge in [0.05, 0.1) is 35.7 Å². The van der Waals surface area contributed by atoms with E-state index in [1.165, 1.54) is 12.8 Å². The van der Waals surface area contributed by atoms with Crippen molar-refractivity contribution >= 4 is 30.6 Å². The highest BCUT2D eigenvalue weighted by Crippen LogP contribution is 2.37. The maximum atomic E-state index is 12.3.